The number of hydrogen-bond donors (Lipinski definition) is 1. The Morgan fingerprint density at radius 3 is 2.52 bits per heavy atom. The zero-order valence-electron chi connectivity index (χ0n) is 17.4. The van der Waals surface area contributed by atoms with E-state index in [4.69, 9.17) is 34.8 Å². The van der Waals surface area contributed by atoms with Crippen LogP contribution in [-0.2, 0) is 15.1 Å². The minimum atomic E-state index is -1.11. The summed E-state index contributed by atoms with van der Waals surface area (Å²) in [5.41, 5.74) is 0.737. The Morgan fingerprint density at radius 1 is 1.06 bits per heavy atom. The highest BCUT2D eigenvalue weighted by molar-refractivity contribution is 6.37. The van der Waals surface area contributed by atoms with Crippen LogP contribution in [-0.4, -0.2) is 54.2 Å². The molecule has 2 aromatic carbocycles. The molecule has 3 saturated heterocycles. The van der Waals surface area contributed by atoms with Crippen LogP contribution in [0.5, 0.6) is 5.75 Å². The smallest absolute Gasteiger partial charge is 0.240 e. The van der Waals surface area contributed by atoms with Crippen molar-refractivity contribution in [2.24, 2.45) is 11.8 Å². The Labute approximate surface area is 204 Å². The molecule has 4 aliphatic rings. The van der Waals surface area contributed by atoms with Gasteiger partial charge in [-0.05, 0) is 30.7 Å². The molecule has 1 N–H and O–H groups in total. The van der Waals surface area contributed by atoms with Gasteiger partial charge in [0, 0.05) is 47.9 Å². The van der Waals surface area contributed by atoms with Gasteiger partial charge in [-0.25, -0.2) is 9.29 Å². The number of phenolic OH excluding ortho intramolecular Hbond substituents is 1. The van der Waals surface area contributed by atoms with Crippen LogP contribution in [0.2, 0.25) is 15.1 Å². The SMILES string of the molecule is CN1CC2(c3cc(Cl)cc(Cl)c31)C1C(=O)N(c3cc(O)cc(Cl)c3)C(=O)C1C1C[C@H](F)CN12. The van der Waals surface area contributed by atoms with E-state index in [0.29, 0.717) is 16.6 Å². The second-order valence-electron chi connectivity index (χ2n) is 9.30. The lowest BCUT2D eigenvalue weighted by molar-refractivity contribution is -0.125. The first kappa shape index (κ1) is 21.5. The van der Waals surface area contributed by atoms with Crippen molar-refractivity contribution in [3.63, 3.8) is 0 Å². The molecular formula is C23H19Cl3FN3O3. The maximum Gasteiger partial charge on any atom is 0.240 e. The first-order chi connectivity index (χ1) is 15.6. The average molecular weight is 511 g/mol. The molecule has 0 aliphatic carbocycles. The molecule has 0 aromatic heterocycles. The summed E-state index contributed by atoms with van der Waals surface area (Å²) < 4.78 is 14.8. The zero-order chi connectivity index (χ0) is 23.4. The van der Waals surface area contributed by atoms with Crippen LogP contribution in [0.3, 0.4) is 0 Å². The van der Waals surface area contributed by atoms with Crippen LogP contribution in [0.1, 0.15) is 12.0 Å². The predicted octanol–water partition coefficient (Wildman–Crippen LogP) is 4.23. The van der Waals surface area contributed by atoms with Gasteiger partial charge >= 0.3 is 0 Å². The summed E-state index contributed by atoms with van der Waals surface area (Å²) in [4.78, 5) is 32.7. The number of benzene rings is 2. The van der Waals surface area contributed by atoms with E-state index < -0.39 is 41.4 Å². The second kappa shape index (κ2) is 6.98. The number of hydrogen-bond acceptors (Lipinski definition) is 5. The number of halogens is 4. The molecule has 1 spiro atoms. The summed E-state index contributed by atoms with van der Waals surface area (Å²) in [5, 5.41) is 11.1. The first-order valence-electron chi connectivity index (χ1n) is 10.6. The number of imide groups is 1. The predicted molar refractivity (Wildman–Crippen MR) is 124 cm³/mol. The van der Waals surface area contributed by atoms with E-state index >= 15 is 0 Å². The molecule has 3 fully saturated rings. The van der Waals surface area contributed by atoms with Gasteiger partial charge in [0.05, 0.1) is 33.8 Å². The Morgan fingerprint density at radius 2 is 1.79 bits per heavy atom. The molecule has 10 heteroatoms. The summed E-state index contributed by atoms with van der Waals surface area (Å²) >= 11 is 19.0. The van der Waals surface area contributed by atoms with Gasteiger partial charge in [0.15, 0.2) is 0 Å². The van der Waals surface area contributed by atoms with Gasteiger partial charge in [-0.3, -0.25) is 14.5 Å². The lowest BCUT2D eigenvalue weighted by Crippen LogP contribution is -2.52. The van der Waals surface area contributed by atoms with Gasteiger partial charge in [-0.1, -0.05) is 34.8 Å². The fourth-order valence-electron chi connectivity index (χ4n) is 6.64. The Hall–Kier alpha value is -2.06. The van der Waals surface area contributed by atoms with Gasteiger partial charge in [0.1, 0.15) is 11.9 Å². The molecule has 6 nitrogen and oxygen atoms in total. The Balaban J connectivity index is 1.57. The number of carbonyl (C=O) groups excluding carboxylic acids is 2. The third kappa shape index (κ3) is 2.71. The van der Waals surface area contributed by atoms with E-state index in [1.807, 2.05) is 16.8 Å². The van der Waals surface area contributed by atoms with Gasteiger partial charge in [0.2, 0.25) is 11.8 Å². The summed E-state index contributed by atoms with van der Waals surface area (Å²) in [6, 6.07) is 7.13. The highest BCUT2D eigenvalue weighted by Crippen LogP contribution is 2.62. The molecule has 172 valence electrons. The summed E-state index contributed by atoms with van der Waals surface area (Å²) in [7, 11) is 1.87. The summed E-state index contributed by atoms with van der Waals surface area (Å²) in [6.07, 6.45) is -0.937. The van der Waals surface area contributed by atoms with Crippen molar-refractivity contribution in [1.29, 1.82) is 0 Å². The average Bonchev–Trinajstić information content (AvgIpc) is 3.37. The van der Waals surface area contributed by atoms with Crippen LogP contribution < -0.4 is 9.80 Å². The third-order valence-corrected chi connectivity index (χ3v) is 8.29. The normalized spacial score (nSPS) is 32.8. The molecular weight excluding hydrogens is 492 g/mol. The van der Waals surface area contributed by atoms with Crippen LogP contribution in [0.15, 0.2) is 30.3 Å². The van der Waals surface area contributed by atoms with E-state index in [9.17, 15) is 19.1 Å². The van der Waals surface area contributed by atoms with Gasteiger partial charge in [-0.2, -0.15) is 0 Å². The van der Waals surface area contributed by atoms with Crippen LogP contribution >= 0.6 is 34.8 Å². The molecule has 4 heterocycles. The van der Waals surface area contributed by atoms with Gasteiger partial charge in [0.25, 0.3) is 0 Å². The summed E-state index contributed by atoms with van der Waals surface area (Å²) in [5.74, 6) is -2.43. The topological polar surface area (TPSA) is 64.1 Å². The number of nitrogens with zero attached hydrogens (tertiary/aromatic N) is 3. The molecule has 0 saturated carbocycles. The molecule has 2 amide bonds. The van der Waals surface area contributed by atoms with Crippen molar-refractivity contribution in [3.05, 3.63) is 51.0 Å². The van der Waals surface area contributed by atoms with Crippen molar-refractivity contribution in [3.8, 4) is 5.75 Å². The Kier molecular flexibility index (Phi) is 4.54. The standard InChI is InChI=1S/C23H19Cl3FN3O3/c1-28-9-23(15-4-11(25)5-16(26)20(15)28)19-18(17-6-12(27)8-29(17)23)21(32)30(22(19)33)13-2-10(24)3-14(31)7-13/h2-5,7,12,17-19,31H,6,8-9H2,1H3/t12-,17?,18?,19?,23?/m0/s1. The minimum Gasteiger partial charge on any atom is -0.508 e. The number of amides is 2. The van der Waals surface area contributed by atoms with E-state index in [-0.39, 0.29) is 29.4 Å². The van der Waals surface area contributed by atoms with E-state index in [2.05, 4.69) is 0 Å². The maximum absolute atomic E-state index is 14.8. The number of fused-ring (bicyclic) bond motifs is 7. The molecule has 4 unspecified atom stereocenters. The van der Waals surface area contributed by atoms with Crippen LogP contribution in [0.25, 0.3) is 0 Å². The lowest BCUT2D eigenvalue weighted by atomic mass is 9.75. The number of likely N-dealkylation sites (N-methyl/N-ethyl adjacent to an activating group) is 1. The molecule has 5 atom stereocenters. The number of phenols is 1. The van der Waals surface area contributed by atoms with Crippen molar-refractivity contribution in [2.75, 3.05) is 29.9 Å². The van der Waals surface area contributed by atoms with Gasteiger partial charge in [-0.15, -0.1) is 0 Å². The third-order valence-electron chi connectivity index (χ3n) is 7.57. The minimum absolute atomic E-state index is 0.133. The largest absolute Gasteiger partial charge is 0.508 e. The fraction of sp³-hybridized carbons (Fsp3) is 0.391. The molecule has 33 heavy (non-hydrogen) atoms. The molecule has 6 rings (SSSR count). The van der Waals surface area contributed by atoms with Crippen LogP contribution in [0.4, 0.5) is 15.8 Å². The summed E-state index contributed by atoms with van der Waals surface area (Å²) in [6.45, 7) is 0.508. The van der Waals surface area contributed by atoms with Crippen molar-refractivity contribution >= 4 is 58.0 Å². The van der Waals surface area contributed by atoms with Crippen molar-refractivity contribution < 1.29 is 19.1 Å². The van der Waals surface area contributed by atoms with Crippen molar-refractivity contribution in [2.45, 2.75) is 24.2 Å². The monoisotopic (exact) mass is 509 g/mol. The lowest BCUT2D eigenvalue weighted by Gasteiger charge is -2.39. The van der Waals surface area contributed by atoms with Crippen LogP contribution in [0, 0.1) is 11.8 Å². The number of carbonyl (C=O) groups is 2. The number of anilines is 2. The quantitative estimate of drug-likeness (QED) is 0.582. The molecule has 2 aromatic rings. The highest BCUT2D eigenvalue weighted by atomic mass is 35.5. The number of rotatable bonds is 1. The second-order valence-corrected chi connectivity index (χ2v) is 10.6. The molecule has 4 aliphatic heterocycles. The van der Waals surface area contributed by atoms with E-state index in [1.54, 1.807) is 12.1 Å². The van der Waals surface area contributed by atoms with Gasteiger partial charge < -0.3 is 10.0 Å². The van der Waals surface area contributed by atoms with E-state index in [1.165, 1.54) is 18.2 Å². The molecule has 0 radical (unpaired) electrons. The fourth-order valence-corrected chi connectivity index (χ4v) is 7.50. The number of alkyl halides is 1. The first-order valence-corrected chi connectivity index (χ1v) is 11.8. The Bertz CT molecular complexity index is 1220. The molecule has 0 bridgehead atoms. The number of aromatic hydroxyl groups is 1. The highest BCUT2D eigenvalue weighted by Gasteiger charge is 2.73. The zero-order valence-corrected chi connectivity index (χ0v) is 19.7. The van der Waals surface area contributed by atoms with E-state index in [0.717, 1.165) is 16.2 Å². The van der Waals surface area contributed by atoms with Crippen molar-refractivity contribution in [1.82, 2.24) is 4.90 Å². The maximum atomic E-state index is 14.8.